The van der Waals surface area contributed by atoms with Crippen LogP contribution in [0.1, 0.15) is 44.9 Å². The molecule has 20 heavy (non-hydrogen) atoms. The fourth-order valence-electron chi connectivity index (χ4n) is 3.36. The quantitative estimate of drug-likeness (QED) is 0.716. The zero-order valence-corrected chi connectivity index (χ0v) is 12.9. The van der Waals surface area contributed by atoms with E-state index in [1.807, 2.05) is 0 Å². The van der Waals surface area contributed by atoms with E-state index in [4.69, 9.17) is 4.74 Å². The Morgan fingerprint density at radius 2 is 2.00 bits per heavy atom. The fourth-order valence-corrected chi connectivity index (χ4v) is 5.17. The van der Waals surface area contributed by atoms with E-state index in [2.05, 4.69) is 5.32 Å². The summed E-state index contributed by atoms with van der Waals surface area (Å²) in [6.45, 7) is 2.06. The summed E-state index contributed by atoms with van der Waals surface area (Å²) >= 11 is 0. The van der Waals surface area contributed by atoms with E-state index in [0.717, 1.165) is 38.6 Å². The van der Waals surface area contributed by atoms with E-state index >= 15 is 0 Å². The molecule has 1 saturated heterocycles. The predicted molar refractivity (Wildman–Crippen MR) is 78.1 cm³/mol. The second-order valence-electron chi connectivity index (χ2n) is 6.27. The number of morpholine rings is 1. The first-order valence-electron chi connectivity index (χ1n) is 8.01. The minimum Gasteiger partial charge on any atom is -0.375 e. The molecule has 3 fully saturated rings. The molecule has 0 aromatic heterocycles. The van der Waals surface area contributed by atoms with Gasteiger partial charge in [0.15, 0.2) is 0 Å². The number of fused-ring (bicyclic) bond motifs is 1. The van der Waals surface area contributed by atoms with Crippen LogP contribution in [0.25, 0.3) is 0 Å². The lowest BCUT2D eigenvalue weighted by Gasteiger charge is -2.36. The van der Waals surface area contributed by atoms with Gasteiger partial charge in [0, 0.05) is 12.6 Å². The standard InChI is InChI=1S/C14H26N2O3S/c17-20(18,11-2-1-8-15-12-6-7-12)16-9-10-19-14-5-3-4-13(14)16/h12-15H,1-11H2. The number of unbranched alkanes of at least 4 members (excludes halogenated alkanes) is 1. The van der Waals surface area contributed by atoms with Crippen molar-refractivity contribution in [3.8, 4) is 0 Å². The third kappa shape index (κ3) is 3.53. The highest BCUT2D eigenvalue weighted by atomic mass is 32.2. The van der Waals surface area contributed by atoms with E-state index in [1.165, 1.54) is 12.8 Å². The van der Waals surface area contributed by atoms with Gasteiger partial charge in [0.05, 0.1) is 24.5 Å². The van der Waals surface area contributed by atoms with Gasteiger partial charge in [0.25, 0.3) is 0 Å². The van der Waals surface area contributed by atoms with Gasteiger partial charge in [-0.05, 0) is 51.5 Å². The molecule has 3 rings (SSSR count). The Kier molecular flexibility index (Phi) is 4.65. The molecule has 1 heterocycles. The largest absolute Gasteiger partial charge is 0.375 e. The van der Waals surface area contributed by atoms with Crippen molar-refractivity contribution in [3.63, 3.8) is 0 Å². The van der Waals surface area contributed by atoms with Crippen LogP contribution < -0.4 is 5.32 Å². The lowest BCUT2D eigenvalue weighted by molar-refractivity contribution is -0.0241. The summed E-state index contributed by atoms with van der Waals surface area (Å²) in [5, 5.41) is 3.43. The second-order valence-corrected chi connectivity index (χ2v) is 8.31. The van der Waals surface area contributed by atoms with E-state index < -0.39 is 10.0 Å². The van der Waals surface area contributed by atoms with Crippen LogP contribution in [0.15, 0.2) is 0 Å². The Bertz CT molecular complexity index is 422. The van der Waals surface area contributed by atoms with Crippen LogP contribution in [-0.4, -0.2) is 56.4 Å². The summed E-state index contributed by atoms with van der Waals surface area (Å²) in [4.78, 5) is 0. The van der Waals surface area contributed by atoms with Gasteiger partial charge in [0.1, 0.15) is 0 Å². The molecule has 1 N–H and O–H groups in total. The van der Waals surface area contributed by atoms with Crippen molar-refractivity contribution in [1.82, 2.24) is 9.62 Å². The van der Waals surface area contributed by atoms with Gasteiger partial charge in [-0.1, -0.05) is 0 Å². The number of hydrogen-bond acceptors (Lipinski definition) is 4. The summed E-state index contributed by atoms with van der Waals surface area (Å²) < 4.78 is 32.4. The summed E-state index contributed by atoms with van der Waals surface area (Å²) in [5.74, 6) is 0.294. The molecule has 2 aliphatic carbocycles. The first-order valence-corrected chi connectivity index (χ1v) is 9.62. The molecule has 0 aromatic carbocycles. The molecular weight excluding hydrogens is 276 g/mol. The summed E-state index contributed by atoms with van der Waals surface area (Å²) in [6.07, 6.45) is 7.51. The third-order valence-electron chi connectivity index (χ3n) is 4.63. The van der Waals surface area contributed by atoms with E-state index in [-0.39, 0.29) is 12.1 Å². The van der Waals surface area contributed by atoms with Crippen molar-refractivity contribution in [1.29, 1.82) is 0 Å². The van der Waals surface area contributed by atoms with E-state index in [9.17, 15) is 8.42 Å². The van der Waals surface area contributed by atoms with Crippen molar-refractivity contribution in [2.75, 3.05) is 25.4 Å². The Hall–Kier alpha value is -0.170. The molecule has 0 aromatic rings. The Labute approximate surface area is 122 Å². The van der Waals surface area contributed by atoms with Crippen LogP contribution in [-0.2, 0) is 14.8 Å². The van der Waals surface area contributed by atoms with Gasteiger partial charge in [-0.2, -0.15) is 4.31 Å². The Balaban J connectivity index is 1.46. The highest BCUT2D eigenvalue weighted by Gasteiger charge is 2.41. The molecule has 116 valence electrons. The smallest absolute Gasteiger partial charge is 0.214 e. The molecule has 0 amide bonds. The zero-order valence-electron chi connectivity index (χ0n) is 12.1. The normalized spacial score (nSPS) is 31.4. The lowest BCUT2D eigenvalue weighted by Crippen LogP contribution is -2.51. The van der Waals surface area contributed by atoms with Gasteiger partial charge in [-0.15, -0.1) is 0 Å². The second kappa shape index (κ2) is 6.30. The third-order valence-corrected chi connectivity index (χ3v) is 6.60. The molecule has 2 atom stereocenters. The molecule has 0 radical (unpaired) electrons. The van der Waals surface area contributed by atoms with Crippen molar-refractivity contribution >= 4 is 10.0 Å². The highest BCUT2D eigenvalue weighted by Crippen LogP contribution is 2.31. The number of nitrogens with one attached hydrogen (secondary N) is 1. The minimum absolute atomic E-state index is 0.110. The number of rotatable bonds is 7. The number of sulfonamides is 1. The summed E-state index contributed by atoms with van der Waals surface area (Å²) in [6, 6.07) is 0.823. The van der Waals surface area contributed by atoms with Crippen molar-refractivity contribution < 1.29 is 13.2 Å². The van der Waals surface area contributed by atoms with Gasteiger partial charge in [-0.25, -0.2) is 8.42 Å². The van der Waals surface area contributed by atoms with Crippen LogP contribution in [0.5, 0.6) is 0 Å². The molecule has 3 aliphatic rings. The van der Waals surface area contributed by atoms with Crippen molar-refractivity contribution in [2.24, 2.45) is 0 Å². The fraction of sp³-hybridized carbons (Fsp3) is 1.00. The highest BCUT2D eigenvalue weighted by molar-refractivity contribution is 7.89. The van der Waals surface area contributed by atoms with Crippen LogP contribution >= 0.6 is 0 Å². The maximum Gasteiger partial charge on any atom is 0.214 e. The van der Waals surface area contributed by atoms with Crippen LogP contribution in [0, 0.1) is 0 Å². The van der Waals surface area contributed by atoms with E-state index in [1.54, 1.807) is 4.31 Å². The lowest BCUT2D eigenvalue weighted by atomic mass is 10.2. The average molecular weight is 302 g/mol. The topological polar surface area (TPSA) is 58.6 Å². The van der Waals surface area contributed by atoms with Crippen molar-refractivity contribution in [2.45, 2.75) is 63.1 Å². The SMILES string of the molecule is O=S(=O)(CCCCNC1CC1)N1CCOC2CCCC21. The molecule has 2 unspecified atom stereocenters. The van der Waals surface area contributed by atoms with Gasteiger partial charge >= 0.3 is 0 Å². The van der Waals surface area contributed by atoms with E-state index in [0.29, 0.717) is 24.9 Å². The Morgan fingerprint density at radius 3 is 2.80 bits per heavy atom. The maximum atomic E-state index is 12.5. The minimum atomic E-state index is -3.10. The van der Waals surface area contributed by atoms with Crippen LogP contribution in [0.2, 0.25) is 0 Å². The maximum absolute atomic E-state index is 12.5. The molecular formula is C14H26N2O3S. The van der Waals surface area contributed by atoms with Crippen LogP contribution in [0.4, 0.5) is 0 Å². The average Bonchev–Trinajstić information content (AvgIpc) is 3.12. The van der Waals surface area contributed by atoms with Gasteiger partial charge in [-0.3, -0.25) is 0 Å². The number of hydrogen-bond donors (Lipinski definition) is 1. The van der Waals surface area contributed by atoms with Gasteiger partial charge in [0.2, 0.25) is 10.0 Å². The van der Waals surface area contributed by atoms with Gasteiger partial charge < -0.3 is 10.1 Å². The molecule has 2 saturated carbocycles. The zero-order chi connectivity index (χ0) is 14.0. The first kappa shape index (κ1) is 14.8. The summed E-state index contributed by atoms with van der Waals surface area (Å²) in [5.41, 5.74) is 0. The molecule has 0 bridgehead atoms. The number of nitrogens with zero attached hydrogens (tertiary/aromatic N) is 1. The predicted octanol–water partition coefficient (Wildman–Crippen LogP) is 1.10. The molecule has 1 aliphatic heterocycles. The molecule has 0 spiro atoms. The Morgan fingerprint density at radius 1 is 1.15 bits per heavy atom. The van der Waals surface area contributed by atoms with Crippen LogP contribution in [0.3, 0.4) is 0 Å². The number of ether oxygens (including phenoxy) is 1. The first-order chi connectivity index (χ1) is 9.67. The monoisotopic (exact) mass is 302 g/mol. The summed E-state index contributed by atoms with van der Waals surface area (Å²) in [7, 11) is -3.10. The molecule has 6 heteroatoms. The van der Waals surface area contributed by atoms with Crippen molar-refractivity contribution in [3.05, 3.63) is 0 Å². The molecule has 5 nitrogen and oxygen atoms in total.